The van der Waals surface area contributed by atoms with E-state index in [0.29, 0.717) is 23.3 Å². The lowest BCUT2D eigenvalue weighted by atomic mass is 10.0. The Hall–Kier alpha value is -1.32. The SMILES string of the molecule is Cc1cc(COC2=CNN(C(C)(C)C)C=C2Cl)c(C)cc1CCl. The zero-order valence-electron chi connectivity index (χ0n) is 14.3. The van der Waals surface area contributed by atoms with Crippen molar-refractivity contribution in [2.45, 2.75) is 52.6 Å². The standard InChI is InChI=1S/C18H24Cl2N2O/c1-12-7-15(13(2)6-14(12)8-19)11-23-17-9-21-22(10-16(17)20)18(3,4)5/h6-7,9-10,21H,8,11H2,1-5H3. The van der Waals surface area contributed by atoms with Gasteiger partial charge in [0, 0.05) is 12.1 Å². The third-order valence-electron chi connectivity index (χ3n) is 3.86. The van der Waals surface area contributed by atoms with Gasteiger partial charge in [-0.1, -0.05) is 23.7 Å². The summed E-state index contributed by atoms with van der Waals surface area (Å²) < 4.78 is 5.89. The summed E-state index contributed by atoms with van der Waals surface area (Å²) in [5.41, 5.74) is 7.78. The fourth-order valence-corrected chi connectivity index (χ4v) is 2.79. The van der Waals surface area contributed by atoms with Crippen molar-refractivity contribution in [2.24, 2.45) is 0 Å². The molecule has 1 aliphatic heterocycles. The highest BCUT2D eigenvalue weighted by Crippen LogP contribution is 2.26. The molecule has 0 aromatic heterocycles. The molecular weight excluding hydrogens is 331 g/mol. The quantitative estimate of drug-likeness (QED) is 0.761. The lowest BCUT2D eigenvalue weighted by Gasteiger charge is -2.36. The van der Waals surface area contributed by atoms with Crippen molar-refractivity contribution in [1.29, 1.82) is 0 Å². The smallest absolute Gasteiger partial charge is 0.157 e. The van der Waals surface area contributed by atoms with E-state index in [9.17, 15) is 0 Å². The number of nitrogens with one attached hydrogen (secondary N) is 1. The van der Waals surface area contributed by atoms with Crippen molar-refractivity contribution in [3.05, 3.63) is 57.6 Å². The van der Waals surface area contributed by atoms with Crippen LogP contribution in [0.3, 0.4) is 0 Å². The molecular formula is C18H24Cl2N2O. The number of nitrogens with zero attached hydrogens (tertiary/aromatic N) is 1. The number of benzene rings is 1. The van der Waals surface area contributed by atoms with Gasteiger partial charge in [0.15, 0.2) is 5.76 Å². The van der Waals surface area contributed by atoms with Gasteiger partial charge in [0.05, 0.1) is 11.7 Å². The maximum Gasteiger partial charge on any atom is 0.157 e. The average molecular weight is 355 g/mol. The van der Waals surface area contributed by atoms with Gasteiger partial charge < -0.3 is 10.2 Å². The van der Waals surface area contributed by atoms with Crippen molar-refractivity contribution in [1.82, 2.24) is 10.4 Å². The van der Waals surface area contributed by atoms with E-state index in [2.05, 4.69) is 52.2 Å². The lowest BCUT2D eigenvalue weighted by Crippen LogP contribution is -2.46. The van der Waals surface area contributed by atoms with Gasteiger partial charge in [-0.15, -0.1) is 11.6 Å². The van der Waals surface area contributed by atoms with Crippen molar-refractivity contribution in [2.75, 3.05) is 0 Å². The Morgan fingerprint density at radius 2 is 1.74 bits per heavy atom. The Morgan fingerprint density at radius 1 is 1.13 bits per heavy atom. The first-order chi connectivity index (χ1) is 10.7. The molecule has 0 amide bonds. The predicted molar refractivity (Wildman–Crippen MR) is 97.0 cm³/mol. The number of hydrogen-bond donors (Lipinski definition) is 1. The summed E-state index contributed by atoms with van der Waals surface area (Å²) in [6, 6.07) is 4.25. The number of hydrogen-bond acceptors (Lipinski definition) is 3. The Labute approximate surface area is 148 Å². The van der Waals surface area contributed by atoms with Crippen LogP contribution in [0.1, 0.15) is 43.0 Å². The molecule has 3 nitrogen and oxygen atoms in total. The summed E-state index contributed by atoms with van der Waals surface area (Å²) in [7, 11) is 0. The van der Waals surface area contributed by atoms with Gasteiger partial charge in [0.1, 0.15) is 11.6 Å². The number of alkyl halides is 1. The summed E-state index contributed by atoms with van der Waals surface area (Å²) in [5, 5.41) is 2.54. The minimum Gasteiger partial charge on any atom is -0.486 e. The second kappa shape index (κ2) is 7.06. The van der Waals surface area contributed by atoms with E-state index in [-0.39, 0.29) is 5.54 Å². The molecule has 5 heteroatoms. The van der Waals surface area contributed by atoms with Gasteiger partial charge >= 0.3 is 0 Å². The normalized spacial score (nSPS) is 15.0. The minimum atomic E-state index is -0.0622. The van der Waals surface area contributed by atoms with E-state index in [4.69, 9.17) is 27.9 Å². The first-order valence-corrected chi connectivity index (χ1v) is 8.54. The highest BCUT2D eigenvalue weighted by atomic mass is 35.5. The number of ether oxygens (including phenoxy) is 1. The van der Waals surface area contributed by atoms with Gasteiger partial charge in [-0.05, 0) is 56.9 Å². The number of halogens is 2. The summed E-state index contributed by atoms with van der Waals surface area (Å²) in [6.45, 7) is 10.9. The van der Waals surface area contributed by atoms with Gasteiger partial charge in [-0.3, -0.25) is 5.01 Å². The van der Waals surface area contributed by atoms with E-state index in [1.165, 1.54) is 11.1 Å². The maximum atomic E-state index is 6.34. The molecule has 1 N–H and O–H groups in total. The van der Waals surface area contributed by atoms with Crippen molar-refractivity contribution >= 4 is 23.2 Å². The van der Waals surface area contributed by atoms with E-state index in [1.807, 2.05) is 11.2 Å². The van der Waals surface area contributed by atoms with E-state index < -0.39 is 0 Å². The fraction of sp³-hybridized carbons (Fsp3) is 0.444. The molecule has 0 saturated heterocycles. The molecule has 0 unspecified atom stereocenters. The van der Waals surface area contributed by atoms with Crippen molar-refractivity contribution in [3.63, 3.8) is 0 Å². The fourth-order valence-electron chi connectivity index (χ4n) is 2.30. The molecule has 126 valence electrons. The Kier molecular flexibility index (Phi) is 5.53. The first kappa shape index (κ1) is 18.0. The van der Waals surface area contributed by atoms with Crippen LogP contribution in [0.15, 0.2) is 35.3 Å². The molecule has 0 bridgehead atoms. The van der Waals surface area contributed by atoms with E-state index in [0.717, 1.165) is 11.1 Å². The molecule has 0 aliphatic carbocycles. The second-order valence-electron chi connectivity index (χ2n) is 6.78. The number of rotatable bonds is 4. The molecule has 1 aromatic rings. The zero-order chi connectivity index (χ0) is 17.2. The van der Waals surface area contributed by atoms with Gasteiger partial charge in [-0.25, -0.2) is 0 Å². The molecule has 0 saturated carbocycles. The topological polar surface area (TPSA) is 24.5 Å². The first-order valence-electron chi connectivity index (χ1n) is 7.63. The maximum absolute atomic E-state index is 6.34. The van der Waals surface area contributed by atoms with Crippen LogP contribution < -0.4 is 5.43 Å². The third-order valence-corrected chi connectivity index (χ3v) is 4.43. The molecule has 0 spiro atoms. The Balaban J connectivity index is 2.07. The zero-order valence-corrected chi connectivity index (χ0v) is 15.8. The van der Waals surface area contributed by atoms with Crippen molar-refractivity contribution in [3.8, 4) is 0 Å². The van der Waals surface area contributed by atoms with Crippen molar-refractivity contribution < 1.29 is 4.74 Å². The Bertz CT molecular complexity index is 645. The Morgan fingerprint density at radius 3 is 2.30 bits per heavy atom. The number of aryl methyl sites for hydroxylation is 2. The highest BCUT2D eigenvalue weighted by Gasteiger charge is 2.22. The van der Waals surface area contributed by atoms with Gasteiger partial charge in [0.2, 0.25) is 0 Å². The van der Waals surface area contributed by atoms with Crippen LogP contribution in [0.2, 0.25) is 0 Å². The molecule has 23 heavy (non-hydrogen) atoms. The molecule has 0 atom stereocenters. The molecule has 0 radical (unpaired) electrons. The van der Waals surface area contributed by atoms with Crippen LogP contribution in [-0.2, 0) is 17.2 Å². The molecule has 0 fully saturated rings. The van der Waals surface area contributed by atoms with Gasteiger partial charge in [-0.2, -0.15) is 0 Å². The van der Waals surface area contributed by atoms with E-state index in [1.54, 1.807) is 6.20 Å². The summed E-state index contributed by atoms with van der Waals surface area (Å²) in [4.78, 5) is 0. The largest absolute Gasteiger partial charge is 0.486 e. The molecule has 1 heterocycles. The molecule has 1 aromatic carbocycles. The molecule has 2 rings (SSSR count). The van der Waals surface area contributed by atoms with Crippen LogP contribution in [0.4, 0.5) is 0 Å². The minimum absolute atomic E-state index is 0.0622. The van der Waals surface area contributed by atoms with Crippen LogP contribution in [0.25, 0.3) is 0 Å². The van der Waals surface area contributed by atoms with Crippen LogP contribution in [-0.4, -0.2) is 10.5 Å². The predicted octanol–water partition coefficient (Wildman–Crippen LogP) is 5.10. The number of allylic oxidation sites excluding steroid dienone is 1. The summed E-state index contributed by atoms with van der Waals surface area (Å²) in [5.74, 6) is 1.17. The average Bonchev–Trinajstić information content (AvgIpc) is 2.47. The van der Waals surface area contributed by atoms with Gasteiger partial charge in [0.25, 0.3) is 0 Å². The monoisotopic (exact) mass is 354 g/mol. The number of hydrazine groups is 1. The highest BCUT2D eigenvalue weighted by molar-refractivity contribution is 6.31. The van der Waals surface area contributed by atoms with E-state index >= 15 is 0 Å². The third kappa shape index (κ3) is 4.36. The molecule has 1 aliphatic rings. The second-order valence-corrected chi connectivity index (χ2v) is 7.46. The lowest BCUT2D eigenvalue weighted by molar-refractivity contribution is 0.141. The van der Waals surface area contributed by atoms with Crippen LogP contribution >= 0.6 is 23.2 Å². The van der Waals surface area contributed by atoms with Crippen LogP contribution in [0.5, 0.6) is 0 Å². The van der Waals surface area contributed by atoms with Crippen LogP contribution in [0, 0.1) is 13.8 Å². The summed E-state index contributed by atoms with van der Waals surface area (Å²) in [6.07, 6.45) is 3.65. The summed E-state index contributed by atoms with van der Waals surface area (Å²) >= 11 is 12.3.